The number of nitrogens with zero attached hydrogens (tertiary/aromatic N) is 3. The number of fused-ring (bicyclic) bond motifs is 1. The van der Waals surface area contributed by atoms with Crippen molar-refractivity contribution in [2.45, 2.75) is 32.7 Å². The number of hydrogen-bond acceptors (Lipinski definition) is 5. The smallest absolute Gasteiger partial charge is 0.266 e. The minimum atomic E-state index is 0.0988. The van der Waals surface area contributed by atoms with Gasteiger partial charge in [0.2, 0.25) is 0 Å². The molecule has 0 N–H and O–H groups in total. The van der Waals surface area contributed by atoms with Crippen molar-refractivity contribution in [1.82, 2.24) is 14.9 Å². The van der Waals surface area contributed by atoms with E-state index >= 15 is 0 Å². The van der Waals surface area contributed by atoms with Gasteiger partial charge in [0.25, 0.3) is 5.91 Å². The van der Waals surface area contributed by atoms with Crippen molar-refractivity contribution >= 4 is 38.8 Å². The van der Waals surface area contributed by atoms with Gasteiger partial charge in [-0.15, -0.1) is 22.7 Å². The zero-order chi connectivity index (χ0) is 16.0. The fourth-order valence-corrected chi connectivity index (χ4v) is 5.15. The molecule has 2 aromatic heterocycles. The van der Waals surface area contributed by atoms with Crippen LogP contribution in [0, 0.1) is 13.8 Å². The highest BCUT2D eigenvalue weighted by Crippen LogP contribution is 2.38. The number of aryl methyl sites for hydroxylation is 2. The molecule has 1 aromatic carbocycles. The molecule has 1 amide bonds. The summed E-state index contributed by atoms with van der Waals surface area (Å²) < 4.78 is 1.19. The van der Waals surface area contributed by atoms with E-state index in [-0.39, 0.29) is 11.9 Å². The normalized spacial score (nSPS) is 18.0. The summed E-state index contributed by atoms with van der Waals surface area (Å²) in [5.74, 6) is 0.106. The number of likely N-dealkylation sites (tertiary alicyclic amines) is 1. The summed E-state index contributed by atoms with van der Waals surface area (Å²) in [6, 6.07) is 8.27. The minimum absolute atomic E-state index is 0.0988. The van der Waals surface area contributed by atoms with Gasteiger partial charge >= 0.3 is 0 Å². The molecule has 1 atom stereocenters. The summed E-state index contributed by atoms with van der Waals surface area (Å²) >= 11 is 3.20. The van der Waals surface area contributed by atoms with Crippen LogP contribution in [0.2, 0.25) is 0 Å². The fraction of sp³-hybridized carbons (Fsp3) is 0.353. The van der Waals surface area contributed by atoms with Crippen molar-refractivity contribution in [1.29, 1.82) is 0 Å². The number of amides is 1. The van der Waals surface area contributed by atoms with Crippen LogP contribution in [0.15, 0.2) is 24.3 Å². The Kier molecular flexibility index (Phi) is 3.66. The van der Waals surface area contributed by atoms with Gasteiger partial charge in [-0.05, 0) is 38.8 Å². The van der Waals surface area contributed by atoms with Crippen LogP contribution in [0.5, 0.6) is 0 Å². The van der Waals surface area contributed by atoms with Gasteiger partial charge in [0, 0.05) is 6.54 Å². The zero-order valence-electron chi connectivity index (χ0n) is 13.1. The molecule has 3 heterocycles. The summed E-state index contributed by atoms with van der Waals surface area (Å²) in [6.45, 7) is 4.67. The van der Waals surface area contributed by atoms with Gasteiger partial charge in [-0.3, -0.25) is 4.79 Å². The van der Waals surface area contributed by atoms with E-state index in [1.54, 1.807) is 11.3 Å². The monoisotopic (exact) mass is 343 g/mol. The topological polar surface area (TPSA) is 46.1 Å². The van der Waals surface area contributed by atoms with E-state index in [0.717, 1.165) is 45.5 Å². The van der Waals surface area contributed by atoms with Gasteiger partial charge in [0.1, 0.15) is 9.88 Å². The molecule has 3 aromatic rings. The molecule has 6 heteroatoms. The molecule has 1 fully saturated rings. The van der Waals surface area contributed by atoms with Crippen LogP contribution in [0.1, 0.15) is 44.3 Å². The van der Waals surface area contributed by atoms with E-state index in [4.69, 9.17) is 4.98 Å². The number of rotatable bonds is 2. The minimum Gasteiger partial charge on any atom is -0.328 e. The van der Waals surface area contributed by atoms with Crippen molar-refractivity contribution in [2.75, 3.05) is 6.54 Å². The van der Waals surface area contributed by atoms with Gasteiger partial charge in [-0.2, -0.15) is 0 Å². The highest BCUT2D eigenvalue weighted by atomic mass is 32.1. The van der Waals surface area contributed by atoms with E-state index in [2.05, 4.69) is 11.1 Å². The van der Waals surface area contributed by atoms with Crippen LogP contribution in [0.4, 0.5) is 0 Å². The van der Waals surface area contributed by atoms with E-state index in [0.29, 0.717) is 0 Å². The number of benzene rings is 1. The maximum atomic E-state index is 13.0. The Balaban J connectivity index is 1.68. The lowest BCUT2D eigenvalue weighted by molar-refractivity contribution is 0.0739. The van der Waals surface area contributed by atoms with E-state index in [9.17, 15) is 4.79 Å². The van der Waals surface area contributed by atoms with Crippen LogP contribution < -0.4 is 0 Å². The van der Waals surface area contributed by atoms with Crippen molar-refractivity contribution in [3.8, 4) is 0 Å². The first-order chi connectivity index (χ1) is 11.1. The summed E-state index contributed by atoms with van der Waals surface area (Å²) in [5, 5.41) is 2.00. The number of carbonyl (C=O) groups is 1. The van der Waals surface area contributed by atoms with Crippen molar-refractivity contribution < 1.29 is 4.79 Å². The van der Waals surface area contributed by atoms with E-state index in [1.165, 1.54) is 16.0 Å². The molecule has 0 aliphatic carbocycles. The quantitative estimate of drug-likeness (QED) is 0.695. The van der Waals surface area contributed by atoms with E-state index in [1.807, 2.05) is 36.9 Å². The van der Waals surface area contributed by atoms with Crippen molar-refractivity contribution in [3.05, 3.63) is 44.9 Å². The molecule has 0 saturated carbocycles. The second kappa shape index (κ2) is 5.69. The van der Waals surface area contributed by atoms with Crippen LogP contribution >= 0.6 is 22.7 Å². The number of thiazole rings is 2. The van der Waals surface area contributed by atoms with Gasteiger partial charge in [-0.1, -0.05) is 12.1 Å². The van der Waals surface area contributed by atoms with Gasteiger partial charge < -0.3 is 4.90 Å². The molecular formula is C17H17N3OS2. The largest absolute Gasteiger partial charge is 0.328 e. The molecule has 0 bridgehead atoms. The second-order valence-electron chi connectivity index (χ2n) is 5.82. The Bertz CT molecular complexity index is 850. The molecule has 0 radical (unpaired) electrons. The highest BCUT2D eigenvalue weighted by Gasteiger charge is 2.34. The average Bonchev–Trinajstić information content (AvgIpc) is 3.23. The first-order valence-electron chi connectivity index (χ1n) is 7.74. The molecule has 1 aliphatic heterocycles. The van der Waals surface area contributed by atoms with E-state index < -0.39 is 0 Å². The Hall–Kier alpha value is -1.79. The first-order valence-corrected chi connectivity index (χ1v) is 9.37. The average molecular weight is 343 g/mol. The van der Waals surface area contributed by atoms with Crippen LogP contribution in [0.3, 0.4) is 0 Å². The van der Waals surface area contributed by atoms with Crippen LogP contribution in [-0.4, -0.2) is 27.3 Å². The molecule has 4 nitrogen and oxygen atoms in total. The second-order valence-corrected chi connectivity index (χ2v) is 8.09. The lowest BCUT2D eigenvalue weighted by Crippen LogP contribution is -2.30. The predicted octanol–water partition coefficient (Wildman–Crippen LogP) is 4.35. The van der Waals surface area contributed by atoms with Gasteiger partial charge in [-0.25, -0.2) is 9.97 Å². The van der Waals surface area contributed by atoms with Gasteiger partial charge in [0.05, 0.1) is 27.0 Å². The molecule has 23 heavy (non-hydrogen) atoms. The zero-order valence-corrected chi connectivity index (χ0v) is 14.7. The molecular weight excluding hydrogens is 326 g/mol. The molecule has 0 unspecified atom stereocenters. The summed E-state index contributed by atoms with van der Waals surface area (Å²) in [7, 11) is 0. The lowest BCUT2D eigenvalue weighted by Gasteiger charge is -2.22. The maximum Gasteiger partial charge on any atom is 0.266 e. The van der Waals surface area contributed by atoms with Crippen molar-refractivity contribution in [2.24, 2.45) is 0 Å². The third kappa shape index (κ3) is 2.56. The van der Waals surface area contributed by atoms with Gasteiger partial charge in [0.15, 0.2) is 0 Å². The lowest BCUT2D eigenvalue weighted by atomic mass is 10.2. The highest BCUT2D eigenvalue weighted by molar-refractivity contribution is 7.18. The maximum absolute atomic E-state index is 13.0. The summed E-state index contributed by atoms with van der Waals surface area (Å²) in [6.07, 6.45) is 2.02. The number of para-hydroxylation sites is 1. The van der Waals surface area contributed by atoms with Crippen molar-refractivity contribution in [3.63, 3.8) is 0 Å². The number of hydrogen-bond donors (Lipinski definition) is 0. The van der Waals surface area contributed by atoms with Crippen LogP contribution in [-0.2, 0) is 0 Å². The van der Waals surface area contributed by atoms with Crippen LogP contribution in [0.25, 0.3) is 10.2 Å². The summed E-state index contributed by atoms with van der Waals surface area (Å²) in [4.78, 5) is 24.9. The number of aromatic nitrogens is 2. The fourth-order valence-electron chi connectivity index (χ4n) is 3.16. The molecule has 1 aliphatic rings. The Morgan fingerprint density at radius 2 is 2.04 bits per heavy atom. The molecule has 4 rings (SSSR count). The third-order valence-electron chi connectivity index (χ3n) is 4.21. The first kappa shape index (κ1) is 14.8. The Labute approximate surface area is 142 Å². The molecule has 118 valence electrons. The SMILES string of the molecule is Cc1nc(C)c(C(=O)N2CCC[C@@H]2c2nc3ccccc3s2)s1. The number of carbonyl (C=O) groups excluding carboxylic acids is 1. The molecule has 0 spiro atoms. The predicted molar refractivity (Wildman–Crippen MR) is 94.2 cm³/mol. The Morgan fingerprint density at radius 3 is 2.78 bits per heavy atom. The standard InChI is InChI=1S/C17H17N3OS2/c1-10-15(22-11(2)18-10)17(21)20-9-5-7-13(20)16-19-12-6-3-4-8-14(12)23-16/h3-4,6,8,13H,5,7,9H2,1-2H3/t13-/m1/s1. The summed E-state index contributed by atoms with van der Waals surface area (Å²) in [5.41, 5.74) is 1.86. The molecule has 1 saturated heterocycles. The Morgan fingerprint density at radius 1 is 1.22 bits per heavy atom. The third-order valence-corrected chi connectivity index (χ3v) is 6.41.